The van der Waals surface area contributed by atoms with Crippen LogP contribution in [0.25, 0.3) is 10.6 Å². The Hall–Kier alpha value is -1.23. The van der Waals surface area contributed by atoms with Crippen LogP contribution in [0.4, 0.5) is 0 Å². The molecule has 106 valence electrons. The van der Waals surface area contributed by atoms with E-state index in [4.69, 9.17) is 4.98 Å². The number of aromatic nitrogens is 1. The van der Waals surface area contributed by atoms with E-state index in [2.05, 4.69) is 36.3 Å². The van der Waals surface area contributed by atoms with Gasteiger partial charge in [0.1, 0.15) is 5.01 Å². The summed E-state index contributed by atoms with van der Waals surface area (Å²) in [5, 5.41) is 13.4. The average molecular weight is 288 g/mol. The molecule has 1 aromatic heterocycles. The smallest absolute Gasteiger partial charge is 0.123 e. The number of β-amino-alcohol motifs (C(OH)–C–C–N with tert-alkyl or cyclic N) is 1. The first-order valence-electron chi connectivity index (χ1n) is 7.01. The maximum atomic E-state index is 10.3. The van der Waals surface area contributed by atoms with Crippen molar-refractivity contribution in [3.8, 4) is 10.6 Å². The molecule has 0 unspecified atom stereocenters. The highest BCUT2D eigenvalue weighted by Crippen LogP contribution is 2.30. The Morgan fingerprint density at radius 2 is 2.00 bits per heavy atom. The van der Waals surface area contributed by atoms with Gasteiger partial charge in [-0.25, -0.2) is 4.98 Å². The summed E-state index contributed by atoms with van der Waals surface area (Å²) >= 11 is 1.69. The number of hydrogen-bond acceptors (Lipinski definition) is 4. The van der Waals surface area contributed by atoms with Gasteiger partial charge in [-0.1, -0.05) is 44.2 Å². The second-order valence-electron chi connectivity index (χ2n) is 5.91. The average Bonchev–Trinajstić information content (AvgIpc) is 2.86. The van der Waals surface area contributed by atoms with Gasteiger partial charge in [-0.3, -0.25) is 4.90 Å². The maximum Gasteiger partial charge on any atom is 0.123 e. The molecule has 1 N–H and O–H groups in total. The zero-order valence-corrected chi connectivity index (χ0v) is 12.7. The number of thiazole rings is 1. The highest BCUT2D eigenvalue weighted by atomic mass is 32.1. The van der Waals surface area contributed by atoms with Gasteiger partial charge in [-0.05, 0) is 5.92 Å². The van der Waals surface area contributed by atoms with Gasteiger partial charge >= 0.3 is 0 Å². The normalized spacial score (nSPS) is 18.2. The number of nitrogens with zero attached hydrogens (tertiary/aromatic N) is 2. The van der Waals surface area contributed by atoms with Gasteiger partial charge in [-0.2, -0.15) is 0 Å². The summed E-state index contributed by atoms with van der Waals surface area (Å²) in [7, 11) is 0. The van der Waals surface area contributed by atoms with Gasteiger partial charge in [0.05, 0.1) is 11.3 Å². The molecule has 0 spiro atoms. The first kappa shape index (κ1) is 13.7. The molecule has 1 aromatic carbocycles. The molecule has 20 heavy (non-hydrogen) atoms. The van der Waals surface area contributed by atoms with Crippen LogP contribution in [0, 0.1) is 5.92 Å². The lowest BCUT2D eigenvalue weighted by Crippen LogP contribution is -2.63. The van der Waals surface area contributed by atoms with Gasteiger partial charge in [-0.15, -0.1) is 11.3 Å². The van der Waals surface area contributed by atoms with Crippen LogP contribution >= 0.6 is 11.3 Å². The molecular formula is C16H20N2OS. The molecule has 3 nitrogen and oxygen atoms in total. The number of aliphatic hydroxyl groups is 1. The molecule has 1 aliphatic rings. The van der Waals surface area contributed by atoms with Gasteiger partial charge in [0.25, 0.3) is 0 Å². The Kier molecular flexibility index (Phi) is 3.63. The minimum atomic E-state index is -0.502. The molecule has 0 radical (unpaired) electrons. The van der Waals surface area contributed by atoms with Gasteiger partial charge < -0.3 is 5.11 Å². The third-order valence-electron chi connectivity index (χ3n) is 4.03. The predicted octanol–water partition coefficient (Wildman–Crippen LogP) is 3.01. The van der Waals surface area contributed by atoms with E-state index in [0.717, 1.165) is 30.3 Å². The number of rotatable bonds is 4. The molecule has 0 aliphatic carbocycles. The summed E-state index contributed by atoms with van der Waals surface area (Å²) in [5.74, 6) is 0.314. The molecule has 0 atom stereocenters. The third kappa shape index (κ3) is 2.64. The van der Waals surface area contributed by atoms with Crippen LogP contribution in [0.5, 0.6) is 0 Å². The third-order valence-corrected chi connectivity index (χ3v) is 4.97. The summed E-state index contributed by atoms with van der Waals surface area (Å²) in [4.78, 5) is 6.94. The number of benzene rings is 1. The molecule has 3 rings (SSSR count). The summed E-state index contributed by atoms with van der Waals surface area (Å²) < 4.78 is 0. The molecule has 1 aliphatic heterocycles. The van der Waals surface area contributed by atoms with Crippen molar-refractivity contribution in [2.45, 2.75) is 26.0 Å². The van der Waals surface area contributed by atoms with Crippen molar-refractivity contribution in [3.05, 3.63) is 41.4 Å². The van der Waals surface area contributed by atoms with Crippen LogP contribution in [-0.4, -0.2) is 33.7 Å². The summed E-state index contributed by atoms with van der Waals surface area (Å²) in [5.41, 5.74) is 1.77. The van der Waals surface area contributed by atoms with E-state index in [1.807, 2.05) is 18.2 Å². The minimum absolute atomic E-state index is 0.314. The van der Waals surface area contributed by atoms with Crippen molar-refractivity contribution in [2.75, 3.05) is 13.1 Å². The monoisotopic (exact) mass is 288 g/mol. The predicted molar refractivity (Wildman–Crippen MR) is 82.6 cm³/mol. The molecule has 2 heterocycles. The Morgan fingerprint density at radius 1 is 1.30 bits per heavy atom. The fourth-order valence-corrected chi connectivity index (χ4v) is 3.34. The molecule has 1 fully saturated rings. The highest BCUT2D eigenvalue weighted by Gasteiger charge is 2.43. The van der Waals surface area contributed by atoms with Gasteiger partial charge in [0.15, 0.2) is 0 Å². The van der Waals surface area contributed by atoms with E-state index in [1.165, 1.54) is 5.56 Å². The molecule has 1 saturated heterocycles. The first-order valence-corrected chi connectivity index (χ1v) is 7.89. The Labute approximate surface area is 123 Å². The van der Waals surface area contributed by atoms with E-state index in [0.29, 0.717) is 5.92 Å². The summed E-state index contributed by atoms with van der Waals surface area (Å²) in [6, 6.07) is 10.3. The summed E-state index contributed by atoms with van der Waals surface area (Å²) in [6.07, 6.45) is 0. The van der Waals surface area contributed by atoms with E-state index >= 15 is 0 Å². The van der Waals surface area contributed by atoms with Crippen molar-refractivity contribution in [1.29, 1.82) is 0 Å². The molecule has 2 aromatic rings. The van der Waals surface area contributed by atoms with Crippen molar-refractivity contribution in [3.63, 3.8) is 0 Å². The van der Waals surface area contributed by atoms with Crippen molar-refractivity contribution < 1.29 is 5.11 Å². The second kappa shape index (κ2) is 5.28. The SMILES string of the molecule is CC(C)C1(O)CN(Cc2csc(-c3ccccc3)n2)C1. The zero-order chi connectivity index (χ0) is 14.2. The molecule has 4 heteroatoms. The second-order valence-corrected chi connectivity index (χ2v) is 6.77. The number of hydrogen-bond donors (Lipinski definition) is 1. The quantitative estimate of drug-likeness (QED) is 0.939. The lowest BCUT2D eigenvalue weighted by Gasteiger charge is -2.49. The van der Waals surface area contributed by atoms with E-state index in [1.54, 1.807) is 11.3 Å². The standard InChI is InChI=1S/C16H20N2OS/c1-12(2)16(19)10-18(11-16)8-14-9-20-15(17-14)13-6-4-3-5-7-13/h3-7,9,12,19H,8,10-11H2,1-2H3. The Morgan fingerprint density at radius 3 is 2.65 bits per heavy atom. The van der Waals surface area contributed by atoms with Crippen LogP contribution in [0.3, 0.4) is 0 Å². The van der Waals surface area contributed by atoms with Crippen LogP contribution in [0.15, 0.2) is 35.7 Å². The van der Waals surface area contributed by atoms with E-state index in [9.17, 15) is 5.11 Å². The van der Waals surface area contributed by atoms with Crippen LogP contribution in [0.2, 0.25) is 0 Å². The molecular weight excluding hydrogens is 268 g/mol. The van der Waals surface area contributed by atoms with Gasteiger partial charge in [0.2, 0.25) is 0 Å². The summed E-state index contributed by atoms with van der Waals surface area (Å²) in [6.45, 7) is 6.49. The maximum absolute atomic E-state index is 10.3. The molecule has 0 saturated carbocycles. The van der Waals surface area contributed by atoms with Crippen molar-refractivity contribution in [2.24, 2.45) is 5.92 Å². The lowest BCUT2D eigenvalue weighted by molar-refractivity contribution is -0.131. The Bertz CT molecular complexity index is 573. The Balaban J connectivity index is 1.62. The van der Waals surface area contributed by atoms with E-state index < -0.39 is 5.60 Å². The topological polar surface area (TPSA) is 36.4 Å². The fraction of sp³-hybridized carbons (Fsp3) is 0.438. The lowest BCUT2D eigenvalue weighted by atomic mass is 9.83. The number of likely N-dealkylation sites (tertiary alicyclic amines) is 1. The fourth-order valence-electron chi connectivity index (χ4n) is 2.53. The molecule has 0 amide bonds. The minimum Gasteiger partial charge on any atom is -0.387 e. The van der Waals surface area contributed by atoms with Crippen molar-refractivity contribution >= 4 is 11.3 Å². The largest absolute Gasteiger partial charge is 0.387 e. The highest BCUT2D eigenvalue weighted by molar-refractivity contribution is 7.13. The first-order chi connectivity index (χ1) is 9.57. The molecule has 0 bridgehead atoms. The van der Waals surface area contributed by atoms with E-state index in [-0.39, 0.29) is 0 Å². The van der Waals surface area contributed by atoms with Crippen LogP contribution in [-0.2, 0) is 6.54 Å². The van der Waals surface area contributed by atoms with Gasteiger partial charge in [0, 0.05) is 30.6 Å². The van der Waals surface area contributed by atoms with Crippen LogP contribution in [0.1, 0.15) is 19.5 Å². The van der Waals surface area contributed by atoms with Crippen LogP contribution < -0.4 is 0 Å². The zero-order valence-electron chi connectivity index (χ0n) is 11.9. The van der Waals surface area contributed by atoms with Crippen molar-refractivity contribution in [1.82, 2.24) is 9.88 Å².